The largest absolute Gasteiger partial charge is 0.493 e. The van der Waals surface area contributed by atoms with Gasteiger partial charge >= 0.3 is 11.7 Å². The van der Waals surface area contributed by atoms with E-state index < -0.39 is 17.2 Å². The number of carboxylic acids is 1. The van der Waals surface area contributed by atoms with Crippen molar-refractivity contribution in [2.24, 2.45) is 14.1 Å². The van der Waals surface area contributed by atoms with Crippen LogP contribution >= 0.6 is 0 Å². The van der Waals surface area contributed by atoms with Gasteiger partial charge in [-0.15, -0.1) is 0 Å². The number of imidazole rings is 1. The summed E-state index contributed by atoms with van der Waals surface area (Å²) in [6, 6.07) is 5.12. The van der Waals surface area contributed by atoms with Gasteiger partial charge < -0.3 is 19.1 Å². The highest BCUT2D eigenvalue weighted by atomic mass is 16.5. The predicted molar refractivity (Wildman–Crippen MR) is 110 cm³/mol. The number of carboxylic acid groups (broad SMARTS) is 1. The SMILES string of the molecule is COc1cc(/C=C/C(=O)O)ccc1OCCCn1cnc2c1c(=O)n(C)c(=O)n2C. The summed E-state index contributed by atoms with van der Waals surface area (Å²) < 4.78 is 15.2. The van der Waals surface area contributed by atoms with E-state index in [1.54, 1.807) is 29.8 Å². The van der Waals surface area contributed by atoms with E-state index in [0.29, 0.717) is 47.8 Å². The number of methoxy groups -OCH3 is 1. The van der Waals surface area contributed by atoms with E-state index in [9.17, 15) is 14.4 Å². The molecule has 0 spiro atoms. The normalized spacial score (nSPS) is 11.3. The highest BCUT2D eigenvalue weighted by Crippen LogP contribution is 2.28. The number of carbonyl (C=O) groups is 1. The van der Waals surface area contributed by atoms with Crippen LogP contribution in [0.1, 0.15) is 12.0 Å². The summed E-state index contributed by atoms with van der Waals surface area (Å²) in [6.07, 6.45) is 4.63. The molecule has 0 aliphatic rings. The maximum Gasteiger partial charge on any atom is 0.332 e. The summed E-state index contributed by atoms with van der Waals surface area (Å²) >= 11 is 0. The van der Waals surface area contributed by atoms with Crippen LogP contribution in [0.3, 0.4) is 0 Å². The summed E-state index contributed by atoms with van der Waals surface area (Å²) in [6.45, 7) is 0.831. The van der Waals surface area contributed by atoms with E-state index in [-0.39, 0.29) is 0 Å². The first-order chi connectivity index (χ1) is 14.3. The lowest BCUT2D eigenvalue weighted by atomic mass is 10.2. The molecule has 1 aromatic carbocycles. The number of hydrogen-bond donors (Lipinski definition) is 1. The molecule has 1 N–H and O–H groups in total. The molecule has 0 fully saturated rings. The van der Waals surface area contributed by atoms with E-state index in [4.69, 9.17) is 14.6 Å². The van der Waals surface area contributed by atoms with E-state index in [2.05, 4.69) is 4.98 Å². The number of aliphatic carboxylic acids is 1. The van der Waals surface area contributed by atoms with Crippen LogP contribution in [0.15, 0.2) is 40.2 Å². The third-order valence-corrected chi connectivity index (χ3v) is 4.62. The van der Waals surface area contributed by atoms with Crippen LogP contribution in [-0.2, 0) is 25.4 Å². The zero-order valence-corrected chi connectivity index (χ0v) is 16.9. The summed E-state index contributed by atoms with van der Waals surface area (Å²) in [5.74, 6) is -0.0190. The molecule has 0 saturated heterocycles. The maximum absolute atomic E-state index is 12.4. The number of aryl methyl sites for hydroxylation is 2. The molecule has 3 aromatic rings. The number of fused-ring (bicyclic) bond motifs is 1. The average Bonchev–Trinajstić information content (AvgIpc) is 3.16. The molecule has 0 radical (unpaired) electrons. The van der Waals surface area contributed by atoms with Crippen LogP contribution < -0.4 is 20.7 Å². The molecule has 10 heteroatoms. The lowest BCUT2D eigenvalue weighted by molar-refractivity contribution is -0.131. The summed E-state index contributed by atoms with van der Waals surface area (Å²) in [5, 5.41) is 8.72. The van der Waals surface area contributed by atoms with Crippen LogP contribution in [0.2, 0.25) is 0 Å². The van der Waals surface area contributed by atoms with Gasteiger partial charge in [-0.2, -0.15) is 0 Å². The van der Waals surface area contributed by atoms with Gasteiger partial charge in [0.15, 0.2) is 22.7 Å². The van der Waals surface area contributed by atoms with Gasteiger partial charge in [0.25, 0.3) is 5.56 Å². The van der Waals surface area contributed by atoms with Crippen molar-refractivity contribution in [1.29, 1.82) is 0 Å². The van der Waals surface area contributed by atoms with Gasteiger partial charge in [0, 0.05) is 26.7 Å². The third-order valence-electron chi connectivity index (χ3n) is 4.62. The van der Waals surface area contributed by atoms with Crippen molar-refractivity contribution in [2.75, 3.05) is 13.7 Å². The summed E-state index contributed by atoms with van der Waals surface area (Å²) in [4.78, 5) is 39.3. The fraction of sp³-hybridized carbons (Fsp3) is 0.300. The van der Waals surface area contributed by atoms with Crippen LogP contribution in [0.5, 0.6) is 11.5 Å². The second kappa shape index (κ2) is 8.68. The molecule has 0 aliphatic carbocycles. The first-order valence-electron chi connectivity index (χ1n) is 9.16. The van der Waals surface area contributed by atoms with Crippen molar-refractivity contribution in [1.82, 2.24) is 18.7 Å². The average molecular weight is 414 g/mol. The lowest BCUT2D eigenvalue weighted by Gasteiger charge is -2.12. The minimum Gasteiger partial charge on any atom is -0.493 e. The Morgan fingerprint density at radius 2 is 1.97 bits per heavy atom. The highest BCUT2D eigenvalue weighted by Gasteiger charge is 2.14. The monoisotopic (exact) mass is 414 g/mol. The molecule has 0 atom stereocenters. The Labute approximate surface area is 171 Å². The molecule has 0 unspecified atom stereocenters. The molecule has 0 amide bonds. The molecular weight excluding hydrogens is 392 g/mol. The Morgan fingerprint density at radius 1 is 1.20 bits per heavy atom. The Morgan fingerprint density at radius 3 is 2.67 bits per heavy atom. The Kier molecular flexibility index (Phi) is 6.05. The van der Waals surface area contributed by atoms with Crippen molar-refractivity contribution in [3.63, 3.8) is 0 Å². The molecule has 2 heterocycles. The molecule has 0 saturated carbocycles. The second-order valence-corrected chi connectivity index (χ2v) is 6.60. The maximum atomic E-state index is 12.4. The van der Waals surface area contributed by atoms with Gasteiger partial charge in [-0.1, -0.05) is 6.07 Å². The van der Waals surface area contributed by atoms with E-state index >= 15 is 0 Å². The molecule has 0 bridgehead atoms. The quantitative estimate of drug-likeness (QED) is 0.432. The number of nitrogens with zero attached hydrogens (tertiary/aromatic N) is 4. The molecule has 0 aliphatic heterocycles. The smallest absolute Gasteiger partial charge is 0.332 e. The van der Waals surface area contributed by atoms with Crippen molar-refractivity contribution in [2.45, 2.75) is 13.0 Å². The zero-order valence-electron chi connectivity index (χ0n) is 16.9. The number of aromatic nitrogens is 4. The molecule has 30 heavy (non-hydrogen) atoms. The zero-order chi connectivity index (χ0) is 21.8. The van der Waals surface area contributed by atoms with Crippen LogP contribution in [0.25, 0.3) is 17.2 Å². The Hall–Kier alpha value is -3.82. The molecule has 10 nitrogen and oxygen atoms in total. The Bertz CT molecular complexity index is 1230. The number of hydrogen-bond acceptors (Lipinski definition) is 6. The summed E-state index contributed by atoms with van der Waals surface area (Å²) in [7, 11) is 4.52. The first-order valence-corrected chi connectivity index (χ1v) is 9.16. The predicted octanol–water partition coefficient (Wildman–Crippen LogP) is 1.01. The molecule has 2 aromatic heterocycles. The topological polar surface area (TPSA) is 118 Å². The van der Waals surface area contributed by atoms with Gasteiger partial charge in [0.05, 0.1) is 20.0 Å². The minimum atomic E-state index is -1.03. The van der Waals surface area contributed by atoms with E-state index in [1.807, 2.05) is 0 Å². The molecule has 158 valence electrons. The Balaban J connectivity index is 1.69. The van der Waals surface area contributed by atoms with Gasteiger partial charge in [-0.05, 0) is 30.2 Å². The fourth-order valence-corrected chi connectivity index (χ4v) is 3.06. The van der Waals surface area contributed by atoms with Gasteiger partial charge in [0.2, 0.25) is 0 Å². The lowest BCUT2D eigenvalue weighted by Crippen LogP contribution is -2.37. The van der Waals surface area contributed by atoms with Crippen LogP contribution in [0.4, 0.5) is 0 Å². The summed E-state index contributed by atoms with van der Waals surface area (Å²) in [5.41, 5.74) is 0.573. The number of ether oxygens (including phenoxy) is 2. The molecule has 3 rings (SSSR count). The minimum absolute atomic E-state index is 0.343. The van der Waals surface area contributed by atoms with Crippen molar-refractivity contribution >= 4 is 23.2 Å². The van der Waals surface area contributed by atoms with Crippen LogP contribution in [-0.4, -0.2) is 43.5 Å². The van der Waals surface area contributed by atoms with Crippen molar-refractivity contribution < 1.29 is 19.4 Å². The van der Waals surface area contributed by atoms with Gasteiger partial charge in [-0.3, -0.25) is 13.9 Å². The number of rotatable bonds is 8. The van der Waals surface area contributed by atoms with Crippen molar-refractivity contribution in [3.05, 3.63) is 57.0 Å². The van der Waals surface area contributed by atoms with Crippen molar-refractivity contribution in [3.8, 4) is 11.5 Å². The van der Waals surface area contributed by atoms with E-state index in [1.165, 1.54) is 31.1 Å². The standard InChI is InChI=1S/C20H22N4O6/c1-22-18-17(19(27)23(2)20(22)28)24(12-21-18)9-4-10-30-14-7-5-13(6-8-16(25)26)11-15(14)29-3/h5-8,11-12H,4,9-10H2,1-3H3,(H,25,26)/b8-6+. The van der Waals surface area contributed by atoms with Gasteiger partial charge in [-0.25, -0.2) is 14.6 Å². The van der Waals surface area contributed by atoms with Crippen LogP contribution in [0, 0.1) is 0 Å². The molecular formula is C20H22N4O6. The third kappa shape index (κ3) is 4.12. The van der Waals surface area contributed by atoms with E-state index in [0.717, 1.165) is 10.6 Å². The first kappa shape index (κ1) is 20.9. The fourth-order valence-electron chi connectivity index (χ4n) is 3.06. The highest BCUT2D eigenvalue weighted by molar-refractivity contribution is 5.85. The van der Waals surface area contributed by atoms with Gasteiger partial charge in [0.1, 0.15) is 0 Å². The second-order valence-electron chi connectivity index (χ2n) is 6.60. The number of benzene rings is 1.